The highest BCUT2D eigenvalue weighted by Gasteiger charge is 2.22. The van der Waals surface area contributed by atoms with Crippen LogP contribution >= 0.6 is 0 Å². The summed E-state index contributed by atoms with van der Waals surface area (Å²) >= 11 is 0. The highest BCUT2D eigenvalue weighted by molar-refractivity contribution is 4.82. The zero-order valence-corrected chi connectivity index (χ0v) is 4.80. The Bertz CT molecular complexity index is 76.8. The molecule has 0 aromatic carbocycles. The number of hydroxylamine groups is 1. The van der Waals surface area contributed by atoms with Crippen molar-refractivity contribution < 1.29 is 5.21 Å². The SMILES string of the molecule is NC1CCCC1NO. The molecular weight excluding hydrogens is 104 g/mol. The molecule has 0 spiro atoms. The zero-order valence-electron chi connectivity index (χ0n) is 4.80. The summed E-state index contributed by atoms with van der Waals surface area (Å²) in [6, 6.07) is 0.315. The second-order valence-electron chi connectivity index (χ2n) is 2.33. The van der Waals surface area contributed by atoms with Crippen LogP contribution in [0.5, 0.6) is 0 Å². The highest BCUT2D eigenvalue weighted by Crippen LogP contribution is 2.15. The summed E-state index contributed by atoms with van der Waals surface area (Å²) in [6.07, 6.45) is 3.19. The van der Waals surface area contributed by atoms with E-state index >= 15 is 0 Å². The molecule has 1 aliphatic carbocycles. The van der Waals surface area contributed by atoms with Crippen molar-refractivity contribution >= 4 is 0 Å². The van der Waals surface area contributed by atoms with E-state index in [1.165, 1.54) is 0 Å². The van der Waals surface area contributed by atoms with Crippen molar-refractivity contribution in [1.82, 2.24) is 5.48 Å². The van der Waals surface area contributed by atoms with Crippen molar-refractivity contribution in [3.8, 4) is 0 Å². The third-order valence-corrected chi connectivity index (χ3v) is 1.74. The van der Waals surface area contributed by atoms with Crippen LogP contribution < -0.4 is 11.2 Å². The maximum Gasteiger partial charge on any atom is 0.0470 e. The van der Waals surface area contributed by atoms with E-state index in [2.05, 4.69) is 5.48 Å². The quantitative estimate of drug-likeness (QED) is 0.417. The summed E-state index contributed by atoms with van der Waals surface area (Å²) in [5, 5.41) is 8.41. The molecule has 1 aliphatic rings. The Morgan fingerprint density at radius 2 is 2.25 bits per heavy atom. The summed E-state index contributed by atoms with van der Waals surface area (Å²) in [7, 11) is 0. The van der Waals surface area contributed by atoms with E-state index in [0.29, 0.717) is 0 Å². The first-order chi connectivity index (χ1) is 3.84. The molecule has 0 aromatic heterocycles. The second-order valence-corrected chi connectivity index (χ2v) is 2.33. The second kappa shape index (κ2) is 2.44. The first-order valence-corrected chi connectivity index (χ1v) is 3.00. The number of hydrogen-bond acceptors (Lipinski definition) is 3. The molecule has 0 heterocycles. The van der Waals surface area contributed by atoms with Crippen LogP contribution in [-0.4, -0.2) is 17.3 Å². The van der Waals surface area contributed by atoms with E-state index < -0.39 is 0 Å². The molecule has 0 radical (unpaired) electrons. The van der Waals surface area contributed by atoms with E-state index in [9.17, 15) is 0 Å². The van der Waals surface area contributed by atoms with Crippen LogP contribution in [0.2, 0.25) is 0 Å². The molecule has 48 valence electrons. The normalized spacial score (nSPS) is 38.2. The van der Waals surface area contributed by atoms with Crippen molar-refractivity contribution in [2.45, 2.75) is 31.3 Å². The van der Waals surface area contributed by atoms with Gasteiger partial charge in [0.2, 0.25) is 0 Å². The minimum absolute atomic E-state index is 0.148. The first-order valence-electron chi connectivity index (χ1n) is 3.00. The number of hydrogen-bond donors (Lipinski definition) is 3. The zero-order chi connectivity index (χ0) is 5.98. The molecule has 2 atom stereocenters. The predicted octanol–water partition coefficient (Wildman–Crippen LogP) is -0.155. The van der Waals surface area contributed by atoms with Crippen LogP contribution in [0.25, 0.3) is 0 Å². The van der Waals surface area contributed by atoms with Gasteiger partial charge in [-0.1, -0.05) is 6.42 Å². The standard InChI is InChI=1S/C5H12N2O/c6-4-2-1-3-5(4)7-8/h4-5,7-8H,1-3,6H2. The van der Waals surface area contributed by atoms with Crippen LogP contribution in [0.15, 0.2) is 0 Å². The maximum atomic E-state index is 8.41. The summed E-state index contributed by atoms with van der Waals surface area (Å²) in [6.45, 7) is 0. The molecule has 1 fully saturated rings. The van der Waals surface area contributed by atoms with Gasteiger partial charge in [0.1, 0.15) is 0 Å². The fraction of sp³-hybridized carbons (Fsp3) is 1.00. The Hall–Kier alpha value is -0.120. The molecule has 8 heavy (non-hydrogen) atoms. The third-order valence-electron chi connectivity index (χ3n) is 1.74. The van der Waals surface area contributed by atoms with Crippen molar-refractivity contribution in [2.75, 3.05) is 0 Å². The van der Waals surface area contributed by atoms with Crippen molar-refractivity contribution in [2.24, 2.45) is 5.73 Å². The van der Waals surface area contributed by atoms with E-state index in [1.54, 1.807) is 0 Å². The van der Waals surface area contributed by atoms with Crippen LogP contribution in [0.3, 0.4) is 0 Å². The van der Waals surface area contributed by atoms with Gasteiger partial charge < -0.3 is 10.9 Å². The smallest absolute Gasteiger partial charge is 0.0470 e. The van der Waals surface area contributed by atoms with Gasteiger partial charge in [-0.3, -0.25) is 0 Å². The molecule has 2 unspecified atom stereocenters. The predicted molar refractivity (Wildman–Crippen MR) is 30.5 cm³/mol. The molecular formula is C5H12N2O. The Balaban J connectivity index is 2.30. The molecule has 0 amide bonds. The minimum atomic E-state index is 0.148. The lowest BCUT2D eigenvalue weighted by molar-refractivity contribution is 0.121. The van der Waals surface area contributed by atoms with Gasteiger partial charge in [-0.25, -0.2) is 5.48 Å². The molecule has 0 aliphatic heterocycles. The number of rotatable bonds is 1. The van der Waals surface area contributed by atoms with Crippen molar-refractivity contribution in [1.29, 1.82) is 0 Å². The lowest BCUT2D eigenvalue weighted by Gasteiger charge is -2.10. The Kier molecular flexibility index (Phi) is 1.83. The fourth-order valence-electron chi connectivity index (χ4n) is 1.15. The molecule has 3 nitrogen and oxygen atoms in total. The monoisotopic (exact) mass is 116 g/mol. The van der Waals surface area contributed by atoms with E-state index in [1.807, 2.05) is 0 Å². The van der Waals surface area contributed by atoms with Crippen molar-refractivity contribution in [3.05, 3.63) is 0 Å². The highest BCUT2D eigenvalue weighted by atomic mass is 16.5. The van der Waals surface area contributed by atoms with Gasteiger partial charge >= 0.3 is 0 Å². The summed E-state index contributed by atoms with van der Waals surface area (Å²) in [4.78, 5) is 0. The average molecular weight is 116 g/mol. The van der Waals surface area contributed by atoms with Gasteiger partial charge in [0.05, 0.1) is 0 Å². The van der Waals surface area contributed by atoms with E-state index in [-0.39, 0.29) is 12.1 Å². The van der Waals surface area contributed by atoms with Crippen LogP contribution in [-0.2, 0) is 0 Å². The molecule has 3 heteroatoms. The molecule has 1 saturated carbocycles. The van der Waals surface area contributed by atoms with Gasteiger partial charge in [-0.2, -0.15) is 0 Å². The van der Waals surface area contributed by atoms with Gasteiger partial charge in [-0.05, 0) is 12.8 Å². The van der Waals surface area contributed by atoms with Gasteiger partial charge in [0.25, 0.3) is 0 Å². The summed E-state index contributed by atoms with van der Waals surface area (Å²) in [5.41, 5.74) is 7.76. The maximum absolute atomic E-state index is 8.41. The average Bonchev–Trinajstić information content (AvgIpc) is 2.14. The molecule has 0 aromatic rings. The van der Waals surface area contributed by atoms with Gasteiger partial charge in [0, 0.05) is 12.1 Å². The number of nitrogens with two attached hydrogens (primary N) is 1. The topological polar surface area (TPSA) is 58.3 Å². The van der Waals surface area contributed by atoms with E-state index in [4.69, 9.17) is 10.9 Å². The summed E-state index contributed by atoms with van der Waals surface area (Å²) < 4.78 is 0. The lowest BCUT2D eigenvalue weighted by Crippen LogP contribution is -2.38. The number of nitrogens with one attached hydrogen (secondary N) is 1. The lowest BCUT2D eigenvalue weighted by atomic mass is 10.2. The molecule has 0 bridgehead atoms. The van der Waals surface area contributed by atoms with Crippen LogP contribution in [0.1, 0.15) is 19.3 Å². The summed E-state index contributed by atoms with van der Waals surface area (Å²) in [5.74, 6) is 0. The Morgan fingerprint density at radius 1 is 1.50 bits per heavy atom. The first kappa shape index (κ1) is 6.01. The Labute approximate surface area is 48.8 Å². The molecule has 0 saturated heterocycles. The fourth-order valence-corrected chi connectivity index (χ4v) is 1.15. The van der Waals surface area contributed by atoms with Crippen LogP contribution in [0, 0.1) is 0 Å². The minimum Gasteiger partial charge on any atom is -0.326 e. The molecule has 1 rings (SSSR count). The third kappa shape index (κ3) is 0.992. The van der Waals surface area contributed by atoms with E-state index in [0.717, 1.165) is 19.3 Å². The van der Waals surface area contributed by atoms with Crippen molar-refractivity contribution in [3.63, 3.8) is 0 Å². The Morgan fingerprint density at radius 3 is 2.50 bits per heavy atom. The van der Waals surface area contributed by atoms with Gasteiger partial charge in [0.15, 0.2) is 0 Å². The molecule has 4 N–H and O–H groups in total. The largest absolute Gasteiger partial charge is 0.326 e. The van der Waals surface area contributed by atoms with Gasteiger partial charge in [-0.15, -0.1) is 0 Å². The van der Waals surface area contributed by atoms with Crippen LogP contribution in [0.4, 0.5) is 0 Å².